The maximum absolute atomic E-state index is 9.62. The van der Waals surface area contributed by atoms with Gasteiger partial charge in [-0.2, -0.15) is 0 Å². The highest BCUT2D eigenvalue weighted by Gasteiger charge is 2.29. The van der Waals surface area contributed by atoms with Crippen molar-refractivity contribution in [3.63, 3.8) is 0 Å². The van der Waals surface area contributed by atoms with E-state index in [9.17, 15) is 5.11 Å². The molecule has 0 bridgehead atoms. The van der Waals surface area contributed by atoms with Gasteiger partial charge in [-0.05, 0) is 26.2 Å². The molecule has 1 aliphatic heterocycles. The van der Waals surface area contributed by atoms with Gasteiger partial charge in [0.2, 0.25) is 0 Å². The molecule has 2 heterocycles. The summed E-state index contributed by atoms with van der Waals surface area (Å²) in [5, 5.41) is 12.9. The normalized spacial score (nSPS) is 23.4. The lowest BCUT2D eigenvalue weighted by Crippen LogP contribution is -2.23. The first kappa shape index (κ1) is 11.7. The highest BCUT2D eigenvalue weighted by atomic mass is 16.3. The smallest absolute Gasteiger partial charge is 0.136 e. The lowest BCUT2D eigenvalue weighted by molar-refractivity contribution is 0.198. The fourth-order valence-corrected chi connectivity index (χ4v) is 2.36. The molecule has 0 spiro atoms. The minimum absolute atomic E-state index is 0.216. The molecule has 5 heteroatoms. The number of hydrogen-bond donors (Lipinski definition) is 2. The van der Waals surface area contributed by atoms with Gasteiger partial charge >= 0.3 is 0 Å². The van der Waals surface area contributed by atoms with E-state index in [-0.39, 0.29) is 6.10 Å². The molecule has 2 fully saturated rings. The lowest BCUT2D eigenvalue weighted by Gasteiger charge is -2.18. The minimum Gasteiger partial charge on any atom is -0.391 e. The molecule has 0 aromatic carbocycles. The zero-order chi connectivity index (χ0) is 12.5. The molecule has 1 aliphatic carbocycles. The molecular formula is C13H20N4O. The standard InChI is InChI=1S/C13H20N4O/c1-2-14-11-7-12(17-6-5-10(18)8-17)16-13(15-11)9-3-4-9/h7,9-10,18H,2-6,8H2,1H3,(H,14,15,16). The first-order chi connectivity index (χ1) is 8.76. The Labute approximate surface area is 107 Å². The third-order valence-corrected chi connectivity index (χ3v) is 3.52. The van der Waals surface area contributed by atoms with E-state index >= 15 is 0 Å². The molecule has 5 nitrogen and oxygen atoms in total. The van der Waals surface area contributed by atoms with Crippen LogP contribution in [0, 0.1) is 0 Å². The number of nitrogens with one attached hydrogen (secondary N) is 1. The van der Waals surface area contributed by atoms with E-state index in [1.165, 1.54) is 12.8 Å². The van der Waals surface area contributed by atoms with Crippen molar-refractivity contribution in [2.75, 3.05) is 29.9 Å². The second kappa shape index (κ2) is 4.72. The molecule has 1 unspecified atom stereocenters. The molecule has 1 aromatic heterocycles. The molecule has 3 rings (SSSR count). The minimum atomic E-state index is -0.216. The van der Waals surface area contributed by atoms with Crippen LogP contribution >= 0.6 is 0 Å². The van der Waals surface area contributed by atoms with Crippen molar-refractivity contribution >= 4 is 11.6 Å². The zero-order valence-electron chi connectivity index (χ0n) is 10.8. The van der Waals surface area contributed by atoms with Crippen molar-refractivity contribution in [2.24, 2.45) is 0 Å². The summed E-state index contributed by atoms with van der Waals surface area (Å²) in [5.74, 6) is 3.38. The van der Waals surface area contributed by atoms with Crippen molar-refractivity contribution in [1.29, 1.82) is 0 Å². The van der Waals surface area contributed by atoms with Gasteiger partial charge in [-0.25, -0.2) is 9.97 Å². The molecule has 2 N–H and O–H groups in total. The van der Waals surface area contributed by atoms with Crippen LogP contribution in [-0.2, 0) is 0 Å². The maximum Gasteiger partial charge on any atom is 0.136 e. The molecule has 2 aliphatic rings. The Balaban J connectivity index is 1.87. The van der Waals surface area contributed by atoms with Crippen LogP contribution in [0.2, 0.25) is 0 Å². The first-order valence-corrected chi connectivity index (χ1v) is 6.82. The fourth-order valence-electron chi connectivity index (χ4n) is 2.36. The van der Waals surface area contributed by atoms with Crippen LogP contribution in [0.15, 0.2) is 6.07 Å². The summed E-state index contributed by atoms with van der Waals surface area (Å²) in [6.07, 6.45) is 3.03. The summed E-state index contributed by atoms with van der Waals surface area (Å²) in [4.78, 5) is 11.4. The number of β-amino-alcohol motifs (C(OH)–C–C–N with tert-alkyl or cyclic N) is 1. The second-order valence-corrected chi connectivity index (χ2v) is 5.16. The molecular weight excluding hydrogens is 228 g/mol. The van der Waals surface area contributed by atoms with E-state index in [0.29, 0.717) is 12.5 Å². The van der Waals surface area contributed by atoms with Crippen LogP contribution in [0.3, 0.4) is 0 Å². The van der Waals surface area contributed by atoms with Crippen LogP contribution in [0.4, 0.5) is 11.6 Å². The summed E-state index contributed by atoms with van der Waals surface area (Å²) in [6.45, 7) is 4.50. The number of nitrogens with zero attached hydrogens (tertiary/aromatic N) is 3. The van der Waals surface area contributed by atoms with E-state index in [4.69, 9.17) is 0 Å². The topological polar surface area (TPSA) is 61.3 Å². The molecule has 1 aromatic rings. The van der Waals surface area contributed by atoms with E-state index in [1.54, 1.807) is 0 Å². The van der Waals surface area contributed by atoms with Gasteiger partial charge in [-0.1, -0.05) is 0 Å². The lowest BCUT2D eigenvalue weighted by atomic mass is 10.3. The van der Waals surface area contributed by atoms with Gasteiger partial charge in [0.05, 0.1) is 6.10 Å². The zero-order valence-corrected chi connectivity index (χ0v) is 10.8. The summed E-state index contributed by atoms with van der Waals surface area (Å²) in [7, 11) is 0. The quantitative estimate of drug-likeness (QED) is 0.842. The Morgan fingerprint density at radius 3 is 2.83 bits per heavy atom. The average molecular weight is 248 g/mol. The van der Waals surface area contributed by atoms with Gasteiger partial charge in [0.15, 0.2) is 0 Å². The van der Waals surface area contributed by atoms with E-state index < -0.39 is 0 Å². The monoisotopic (exact) mass is 248 g/mol. The Hall–Kier alpha value is -1.36. The number of rotatable bonds is 4. The Morgan fingerprint density at radius 1 is 1.39 bits per heavy atom. The van der Waals surface area contributed by atoms with Crippen LogP contribution in [0.1, 0.15) is 37.9 Å². The van der Waals surface area contributed by atoms with Crippen molar-refractivity contribution in [2.45, 2.75) is 38.2 Å². The van der Waals surface area contributed by atoms with Gasteiger partial charge in [0, 0.05) is 31.6 Å². The number of aliphatic hydroxyl groups is 1. The van der Waals surface area contributed by atoms with Crippen LogP contribution in [0.25, 0.3) is 0 Å². The third-order valence-electron chi connectivity index (χ3n) is 3.52. The van der Waals surface area contributed by atoms with Gasteiger partial charge in [0.1, 0.15) is 17.5 Å². The van der Waals surface area contributed by atoms with Gasteiger partial charge < -0.3 is 15.3 Å². The molecule has 1 atom stereocenters. The maximum atomic E-state index is 9.62. The molecule has 18 heavy (non-hydrogen) atoms. The average Bonchev–Trinajstić information content (AvgIpc) is 3.12. The molecule has 0 amide bonds. The molecule has 98 valence electrons. The number of aromatic nitrogens is 2. The summed E-state index contributed by atoms with van der Waals surface area (Å²) < 4.78 is 0. The second-order valence-electron chi connectivity index (χ2n) is 5.16. The summed E-state index contributed by atoms with van der Waals surface area (Å²) in [6, 6.07) is 1.99. The van der Waals surface area contributed by atoms with Crippen molar-refractivity contribution in [3.8, 4) is 0 Å². The van der Waals surface area contributed by atoms with Crippen molar-refractivity contribution < 1.29 is 5.11 Å². The highest BCUT2D eigenvalue weighted by Crippen LogP contribution is 2.39. The van der Waals surface area contributed by atoms with Crippen molar-refractivity contribution in [1.82, 2.24) is 9.97 Å². The number of aliphatic hydroxyl groups excluding tert-OH is 1. The first-order valence-electron chi connectivity index (χ1n) is 6.82. The molecule has 0 radical (unpaired) electrons. The summed E-state index contributed by atoms with van der Waals surface area (Å²) in [5.41, 5.74) is 0. The largest absolute Gasteiger partial charge is 0.391 e. The van der Waals surface area contributed by atoms with E-state index in [2.05, 4.69) is 27.1 Å². The van der Waals surface area contributed by atoms with Crippen molar-refractivity contribution in [3.05, 3.63) is 11.9 Å². The Bertz CT molecular complexity index is 433. The van der Waals surface area contributed by atoms with Crippen LogP contribution in [0.5, 0.6) is 0 Å². The fraction of sp³-hybridized carbons (Fsp3) is 0.692. The molecule has 1 saturated heterocycles. The Morgan fingerprint density at radius 2 is 2.22 bits per heavy atom. The Kier molecular flexibility index (Phi) is 3.07. The SMILES string of the molecule is CCNc1cc(N2CCC(O)C2)nc(C2CC2)n1. The van der Waals surface area contributed by atoms with E-state index in [1.807, 2.05) is 6.07 Å². The van der Waals surface area contributed by atoms with Crippen LogP contribution < -0.4 is 10.2 Å². The van der Waals surface area contributed by atoms with E-state index in [0.717, 1.165) is 37.0 Å². The van der Waals surface area contributed by atoms with Gasteiger partial charge in [-0.15, -0.1) is 0 Å². The van der Waals surface area contributed by atoms with Gasteiger partial charge in [-0.3, -0.25) is 0 Å². The molecule has 1 saturated carbocycles. The summed E-state index contributed by atoms with van der Waals surface area (Å²) >= 11 is 0. The predicted molar refractivity (Wildman–Crippen MR) is 71.0 cm³/mol. The number of hydrogen-bond acceptors (Lipinski definition) is 5. The van der Waals surface area contributed by atoms with Crippen LogP contribution in [-0.4, -0.2) is 40.8 Å². The predicted octanol–water partition coefficient (Wildman–Crippen LogP) is 1.36. The number of anilines is 2. The van der Waals surface area contributed by atoms with Gasteiger partial charge in [0.25, 0.3) is 0 Å². The highest BCUT2D eigenvalue weighted by molar-refractivity contribution is 5.50. The third kappa shape index (κ3) is 2.41.